The standard InChI is InChI=1S/C19H15F3N2O3S/c1-26-14-6-3-10(7-15(14)27-2)19-23-11(9-28-19)8-16(25)24-13-5-4-12(20)17(21)18(13)22/h3-7,9H,8H2,1-2H3,(H,24,25). The summed E-state index contributed by atoms with van der Waals surface area (Å²) in [6, 6.07) is 7.01. The molecular weight excluding hydrogens is 393 g/mol. The van der Waals surface area contributed by atoms with Gasteiger partial charge in [-0.3, -0.25) is 4.79 Å². The van der Waals surface area contributed by atoms with Crippen molar-refractivity contribution in [3.63, 3.8) is 0 Å². The molecule has 0 spiro atoms. The number of benzene rings is 2. The molecule has 1 N–H and O–H groups in total. The third-order valence-corrected chi connectivity index (χ3v) is 4.77. The summed E-state index contributed by atoms with van der Waals surface area (Å²) in [5, 5.41) is 4.56. The highest BCUT2D eigenvalue weighted by atomic mass is 32.1. The molecule has 0 aliphatic heterocycles. The molecule has 0 saturated carbocycles. The van der Waals surface area contributed by atoms with Crippen molar-refractivity contribution in [3.05, 3.63) is 58.9 Å². The van der Waals surface area contributed by atoms with Crippen molar-refractivity contribution < 1.29 is 27.4 Å². The molecule has 28 heavy (non-hydrogen) atoms. The quantitative estimate of drug-likeness (QED) is 0.613. The molecule has 146 valence electrons. The minimum absolute atomic E-state index is 0.151. The number of thiazole rings is 1. The minimum atomic E-state index is -1.64. The van der Waals surface area contributed by atoms with Gasteiger partial charge in [0.25, 0.3) is 0 Å². The van der Waals surface area contributed by atoms with Crippen LogP contribution in [-0.4, -0.2) is 25.1 Å². The predicted octanol–water partition coefficient (Wildman–Crippen LogP) is 4.43. The lowest BCUT2D eigenvalue weighted by Crippen LogP contribution is -2.16. The average molecular weight is 408 g/mol. The van der Waals surface area contributed by atoms with Crippen molar-refractivity contribution in [3.8, 4) is 22.1 Å². The van der Waals surface area contributed by atoms with Crippen LogP contribution in [0.5, 0.6) is 11.5 Å². The molecule has 1 heterocycles. The Hall–Kier alpha value is -3.07. The largest absolute Gasteiger partial charge is 0.493 e. The number of anilines is 1. The van der Waals surface area contributed by atoms with E-state index in [0.29, 0.717) is 22.2 Å². The zero-order valence-electron chi connectivity index (χ0n) is 14.9. The maximum atomic E-state index is 13.7. The van der Waals surface area contributed by atoms with Gasteiger partial charge < -0.3 is 14.8 Å². The number of nitrogens with one attached hydrogen (secondary N) is 1. The third-order valence-electron chi connectivity index (χ3n) is 3.83. The molecule has 0 bridgehead atoms. The Morgan fingerprint density at radius 2 is 1.82 bits per heavy atom. The molecule has 0 radical (unpaired) electrons. The van der Waals surface area contributed by atoms with Gasteiger partial charge in [0.05, 0.1) is 32.0 Å². The Balaban J connectivity index is 1.73. The number of hydrogen-bond acceptors (Lipinski definition) is 5. The molecule has 0 saturated heterocycles. The Bertz CT molecular complexity index is 1020. The predicted molar refractivity (Wildman–Crippen MR) is 99.3 cm³/mol. The molecule has 2 aromatic carbocycles. The summed E-state index contributed by atoms with van der Waals surface area (Å²) in [5.41, 5.74) is 0.801. The maximum Gasteiger partial charge on any atom is 0.230 e. The van der Waals surface area contributed by atoms with E-state index >= 15 is 0 Å². The van der Waals surface area contributed by atoms with Crippen molar-refractivity contribution in [2.24, 2.45) is 0 Å². The first-order valence-corrected chi connectivity index (χ1v) is 8.91. The van der Waals surface area contributed by atoms with Gasteiger partial charge in [0.15, 0.2) is 29.0 Å². The number of methoxy groups -OCH3 is 2. The first-order chi connectivity index (χ1) is 13.4. The van der Waals surface area contributed by atoms with Gasteiger partial charge >= 0.3 is 0 Å². The van der Waals surface area contributed by atoms with Gasteiger partial charge in [0.1, 0.15) is 5.01 Å². The van der Waals surface area contributed by atoms with Gasteiger partial charge in [0.2, 0.25) is 5.91 Å². The zero-order chi connectivity index (χ0) is 20.3. The maximum absolute atomic E-state index is 13.7. The molecule has 5 nitrogen and oxygen atoms in total. The van der Waals surface area contributed by atoms with Gasteiger partial charge in [-0.15, -0.1) is 11.3 Å². The van der Waals surface area contributed by atoms with Crippen molar-refractivity contribution in [2.75, 3.05) is 19.5 Å². The number of rotatable bonds is 6. The van der Waals surface area contributed by atoms with Crippen LogP contribution >= 0.6 is 11.3 Å². The van der Waals surface area contributed by atoms with Gasteiger partial charge in [-0.05, 0) is 30.3 Å². The molecule has 0 atom stereocenters. The van der Waals surface area contributed by atoms with E-state index in [2.05, 4.69) is 10.3 Å². The van der Waals surface area contributed by atoms with E-state index in [9.17, 15) is 18.0 Å². The van der Waals surface area contributed by atoms with E-state index < -0.39 is 29.0 Å². The number of carbonyl (C=O) groups is 1. The third kappa shape index (κ3) is 4.09. The first-order valence-electron chi connectivity index (χ1n) is 8.03. The molecule has 1 amide bonds. The van der Waals surface area contributed by atoms with Crippen LogP contribution < -0.4 is 14.8 Å². The molecular formula is C19H15F3N2O3S. The fourth-order valence-corrected chi connectivity index (χ4v) is 3.29. The number of ether oxygens (including phenoxy) is 2. The highest BCUT2D eigenvalue weighted by Crippen LogP contribution is 2.33. The summed E-state index contributed by atoms with van der Waals surface area (Å²) in [6.07, 6.45) is -0.151. The van der Waals surface area contributed by atoms with E-state index in [4.69, 9.17) is 9.47 Å². The number of amides is 1. The summed E-state index contributed by atoms with van der Waals surface area (Å²) < 4.78 is 50.3. The summed E-state index contributed by atoms with van der Waals surface area (Å²) in [5.74, 6) is -3.89. The van der Waals surface area contributed by atoms with Gasteiger partial charge in [-0.2, -0.15) is 0 Å². The molecule has 3 aromatic rings. The van der Waals surface area contributed by atoms with Crippen LogP contribution in [-0.2, 0) is 11.2 Å². The van der Waals surface area contributed by atoms with Crippen molar-refractivity contribution >= 4 is 22.9 Å². The summed E-state index contributed by atoms with van der Waals surface area (Å²) >= 11 is 1.32. The highest BCUT2D eigenvalue weighted by molar-refractivity contribution is 7.13. The van der Waals surface area contributed by atoms with E-state index in [1.807, 2.05) is 0 Å². The van der Waals surface area contributed by atoms with Crippen LogP contribution in [0.3, 0.4) is 0 Å². The van der Waals surface area contributed by atoms with E-state index in [1.54, 1.807) is 23.6 Å². The Kier molecular flexibility index (Phi) is 5.84. The molecule has 9 heteroatoms. The van der Waals surface area contributed by atoms with Crippen molar-refractivity contribution in [2.45, 2.75) is 6.42 Å². The van der Waals surface area contributed by atoms with Crippen molar-refractivity contribution in [1.29, 1.82) is 0 Å². The SMILES string of the molecule is COc1ccc(-c2nc(CC(=O)Nc3ccc(F)c(F)c3F)cs2)cc1OC. The van der Waals surface area contributed by atoms with Crippen molar-refractivity contribution in [1.82, 2.24) is 4.98 Å². The Morgan fingerprint density at radius 1 is 1.07 bits per heavy atom. The molecule has 0 aliphatic carbocycles. The number of aromatic nitrogens is 1. The lowest BCUT2D eigenvalue weighted by atomic mass is 10.2. The van der Waals surface area contributed by atoms with Crippen LogP contribution in [0.25, 0.3) is 10.6 Å². The topological polar surface area (TPSA) is 60.5 Å². The lowest BCUT2D eigenvalue weighted by molar-refractivity contribution is -0.115. The summed E-state index contributed by atoms with van der Waals surface area (Å²) in [7, 11) is 3.06. The number of nitrogens with zero attached hydrogens (tertiary/aromatic N) is 1. The van der Waals surface area contributed by atoms with E-state index in [0.717, 1.165) is 17.7 Å². The second kappa shape index (κ2) is 8.30. The molecule has 0 aliphatic rings. The number of hydrogen-bond donors (Lipinski definition) is 1. The van der Waals surface area contributed by atoms with Crippen LogP contribution in [0.15, 0.2) is 35.7 Å². The first kappa shape index (κ1) is 19.7. The molecule has 1 aromatic heterocycles. The van der Waals surface area contributed by atoms with Crippen LogP contribution in [0, 0.1) is 17.5 Å². The molecule has 3 rings (SSSR count). The summed E-state index contributed by atoms with van der Waals surface area (Å²) in [4.78, 5) is 16.5. The van der Waals surface area contributed by atoms with Gasteiger partial charge in [-0.1, -0.05) is 0 Å². The average Bonchev–Trinajstić information content (AvgIpc) is 3.16. The van der Waals surface area contributed by atoms with Crippen LogP contribution in [0.1, 0.15) is 5.69 Å². The number of carbonyl (C=O) groups excluding carboxylic acids is 1. The van der Waals surface area contributed by atoms with Gasteiger partial charge in [0, 0.05) is 10.9 Å². The Labute approximate surface area is 162 Å². The number of halogens is 3. The second-order valence-electron chi connectivity index (χ2n) is 5.66. The second-order valence-corrected chi connectivity index (χ2v) is 6.52. The van der Waals surface area contributed by atoms with Gasteiger partial charge in [-0.25, -0.2) is 18.2 Å². The van der Waals surface area contributed by atoms with Crippen LogP contribution in [0.2, 0.25) is 0 Å². The van der Waals surface area contributed by atoms with E-state index in [-0.39, 0.29) is 6.42 Å². The smallest absolute Gasteiger partial charge is 0.230 e. The van der Waals surface area contributed by atoms with E-state index in [1.165, 1.54) is 25.6 Å². The molecule has 0 unspecified atom stereocenters. The van der Waals surface area contributed by atoms with Crippen LogP contribution in [0.4, 0.5) is 18.9 Å². The molecule has 0 fully saturated rings. The fourth-order valence-electron chi connectivity index (χ4n) is 2.47. The Morgan fingerprint density at radius 3 is 2.54 bits per heavy atom. The fraction of sp³-hybridized carbons (Fsp3) is 0.158. The normalized spacial score (nSPS) is 10.6. The summed E-state index contributed by atoms with van der Waals surface area (Å²) in [6.45, 7) is 0. The zero-order valence-corrected chi connectivity index (χ0v) is 15.7. The minimum Gasteiger partial charge on any atom is -0.493 e. The highest BCUT2D eigenvalue weighted by Gasteiger charge is 2.16. The monoisotopic (exact) mass is 408 g/mol. The lowest BCUT2D eigenvalue weighted by Gasteiger charge is -2.08.